The van der Waals surface area contributed by atoms with E-state index in [1.54, 1.807) is 13.8 Å². The maximum atomic E-state index is 13.4. The first kappa shape index (κ1) is 17.4. The molecular formula is C13H12Cl2FNO4. The quantitative estimate of drug-likeness (QED) is 0.215. The second kappa shape index (κ2) is 7.38. The van der Waals surface area contributed by atoms with Crippen molar-refractivity contribution in [1.29, 1.82) is 0 Å². The number of carbonyl (C=O) groups is 2. The predicted octanol–water partition coefficient (Wildman–Crippen LogP) is 3.50. The number of carboxylic acid groups (broad SMARTS) is 1. The van der Waals surface area contributed by atoms with Crippen molar-refractivity contribution in [3.05, 3.63) is 39.1 Å². The van der Waals surface area contributed by atoms with Gasteiger partial charge in [0, 0.05) is 6.42 Å². The Balaban J connectivity index is 3.44. The van der Waals surface area contributed by atoms with Gasteiger partial charge in [0.05, 0.1) is 12.2 Å². The average Bonchev–Trinajstić information content (AvgIpc) is 2.41. The van der Waals surface area contributed by atoms with Gasteiger partial charge in [0.2, 0.25) is 5.78 Å². The van der Waals surface area contributed by atoms with Crippen LogP contribution in [0.25, 0.3) is 0 Å². The molecule has 5 nitrogen and oxygen atoms in total. The summed E-state index contributed by atoms with van der Waals surface area (Å²) in [6.07, 6.45) is 0.183. The summed E-state index contributed by atoms with van der Waals surface area (Å²) in [5, 5.41) is 8.33. The number of Topliss-reactive ketones (excluding diaryl/α,β-unsaturated/α-hetero) is 1. The number of pyridine rings is 1. The van der Waals surface area contributed by atoms with E-state index in [-0.39, 0.29) is 29.5 Å². The number of aliphatic carboxylic acids is 1. The number of ketones is 1. The monoisotopic (exact) mass is 335 g/mol. The fraction of sp³-hybridized carbons (Fsp3) is 0.308. The topological polar surface area (TPSA) is 76.5 Å². The van der Waals surface area contributed by atoms with E-state index in [0.717, 1.165) is 6.07 Å². The lowest BCUT2D eigenvalue weighted by Crippen LogP contribution is -2.17. The first-order chi connectivity index (χ1) is 9.83. The highest BCUT2D eigenvalue weighted by atomic mass is 35.5. The zero-order valence-electron chi connectivity index (χ0n) is 11.2. The highest BCUT2D eigenvalue weighted by molar-refractivity contribution is 6.37. The van der Waals surface area contributed by atoms with Crippen LogP contribution < -0.4 is 0 Å². The molecule has 21 heavy (non-hydrogen) atoms. The summed E-state index contributed by atoms with van der Waals surface area (Å²) in [6, 6.07) is 0.752. The van der Waals surface area contributed by atoms with Crippen molar-refractivity contribution in [2.45, 2.75) is 20.3 Å². The number of carbonyl (C=O) groups excluding carboxylic acids is 1. The Bertz CT molecular complexity index is 616. The molecule has 0 radical (unpaired) electrons. The lowest BCUT2D eigenvalue weighted by atomic mass is 10.0. The molecule has 1 aromatic heterocycles. The van der Waals surface area contributed by atoms with Crippen molar-refractivity contribution in [2.75, 3.05) is 6.61 Å². The van der Waals surface area contributed by atoms with Gasteiger partial charge >= 0.3 is 5.97 Å². The molecule has 1 rings (SSSR count). The number of hydrogen-bond acceptors (Lipinski definition) is 4. The van der Waals surface area contributed by atoms with E-state index >= 15 is 0 Å². The molecule has 0 spiro atoms. The van der Waals surface area contributed by atoms with Crippen molar-refractivity contribution in [3.63, 3.8) is 0 Å². The SMILES string of the molecule is CCOC(CC)=C(C(=O)O)C(=O)c1cc(F)c(Cl)nc1Cl. The van der Waals surface area contributed by atoms with Crippen molar-refractivity contribution in [3.8, 4) is 0 Å². The Labute approximate surface area is 130 Å². The van der Waals surface area contributed by atoms with Gasteiger partial charge < -0.3 is 9.84 Å². The van der Waals surface area contributed by atoms with Crippen LogP contribution in [-0.4, -0.2) is 28.4 Å². The molecule has 0 aliphatic heterocycles. The van der Waals surface area contributed by atoms with Crippen LogP contribution in [-0.2, 0) is 9.53 Å². The average molecular weight is 336 g/mol. The molecular weight excluding hydrogens is 324 g/mol. The molecule has 0 bridgehead atoms. The van der Waals surface area contributed by atoms with Crippen LogP contribution in [0.15, 0.2) is 17.4 Å². The van der Waals surface area contributed by atoms with E-state index in [0.29, 0.717) is 0 Å². The molecule has 0 aliphatic carbocycles. The third-order valence-electron chi connectivity index (χ3n) is 2.49. The highest BCUT2D eigenvalue weighted by Crippen LogP contribution is 2.24. The lowest BCUT2D eigenvalue weighted by molar-refractivity contribution is -0.132. The number of allylic oxidation sites excluding steroid dienone is 1. The maximum absolute atomic E-state index is 13.4. The van der Waals surface area contributed by atoms with E-state index in [1.165, 1.54) is 0 Å². The summed E-state index contributed by atoms with van der Waals surface area (Å²) >= 11 is 11.2. The molecule has 114 valence electrons. The number of halogens is 3. The van der Waals surface area contributed by atoms with Crippen molar-refractivity contribution < 1.29 is 23.8 Å². The fourth-order valence-electron chi connectivity index (χ4n) is 1.61. The molecule has 1 aromatic rings. The molecule has 0 saturated carbocycles. The molecule has 0 atom stereocenters. The zero-order valence-corrected chi connectivity index (χ0v) is 12.8. The minimum absolute atomic E-state index is 0.0126. The van der Waals surface area contributed by atoms with Gasteiger partial charge in [0.1, 0.15) is 16.5 Å². The zero-order chi connectivity index (χ0) is 16.2. The number of carboxylic acids is 1. The summed E-state index contributed by atoms with van der Waals surface area (Å²) in [4.78, 5) is 27.0. The van der Waals surface area contributed by atoms with E-state index in [4.69, 9.17) is 27.9 Å². The Morgan fingerprint density at radius 3 is 2.43 bits per heavy atom. The second-order valence-corrected chi connectivity index (χ2v) is 4.53. The predicted molar refractivity (Wildman–Crippen MR) is 75.1 cm³/mol. The number of aromatic nitrogens is 1. The third-order valence-corrected chi connectivity index (χ3v) is 3.04. The Morgan fingerprint density at radius 1 is 1.33 bits per heavy atom. The molecule has 0 saturated heterocycles. The second-order valence-electron chi connectivity index (χ2n) is 3.82. The number of nitrogens with zero attached hydrogens (tertiary/aromatic N) is 1. The molecule has 0 aliphatic rings. The van der Waals surface area contributed by atoms with Crippen molar-refractivity contribution >= 4 is 35.0 Å². The van der Waals surface area contributed by atoms with Gasteiger partial charge in [-0.2, -0.15) is 0 Å². The van der Waals surface area contributed by atoms with E-state index in [2.05, 4.69) is 4.98 Å². The Hall–Kier alpha value is -1.66. The van der Waals surface area contributed by atoms with Gasteiger partial charge in [-0.3, -0.25) is 4.79 Å². The van der Waals surface area contributed by atoms with Crippen LogP contribution in [0.2, 0.25) is 10.3 Å². The standard InChI is InChI=1S/C13H12Cl2FNO4/c1-3-8(21-4-2)9(13(19)20)10(18)6-5-7(16)12(15)17-11(6)14/h5H,3-4H2,1-2H3,(H,19,20). The first-order valence-corrected chi connectivity index (χ1v) is 6.74. The molecule has 0 fully saturated rings. The van der Waals surface area contributed by atoms with Gasteiger partial charge in [0.15, 0.2) is 11.0 Å². The smallest absolute Gasteiger partial charge is 0.343 e. The highest BCUT2D eigenvalue weighted by Gasteiger charge is 2.27. The van der Waals surface area contributed by atoms with Crippen LogP contribution in [0.5, 0.6) is 0 Å². The van der Waals surface area contributed by atoms with Gasteiger partial charge in [-0.15, -0.1) is 0 Å². The summed E-state index contributed by atoms with van der Waals surface area (Å²) < 4.78 is 18.6. The summed E-state index contributed by atoms with van der Waals surface area (Å²) in [6.45, 7) is 3.47. The minimum Gasteiger partial charge on any atom is -0.497 e. The Kier molecular flexibility index (Phi) is 6.11. The minimum atomic E-state index is -1.49. The molecule has 1 heterocycles. The van der Waals surface area contributed by atoms with Crippen LogP contribution in [0.4, 0.5) is 4.39 Å². The first-order valence-electron chi connectivity index (χ1n) is 5.98. The summed E-state index contributed by atoms with van der Waals surface area (Å²) in [7, 11) is 0. The van der Waals surface area contributed by atoms with E-state index in [9.17, 15) is 19.1 Å². The summed E-state index contributed by atoms with van der Waals surface area (Å²) in [5.41, 5.74) is -0.994. The fourth-order valence-corrected chi connectivity index (χ4v) is 2.02. The maximum Gasteiger partial charge on any atom is 0.343 e. The molecule has 0 aromatic carbocycles. The van der Waals surface area contributed by atoms with E-state index in [1.807, 2.05) is 0 Å². The van der Waals surface area contributed by atoms with Crippen LogP contribution in [0.1, 0.15) is 30.6 Å². The van der Waals surface area contributed by atoms with Crippen molar-refractivity contribution in [1.82, 2.24) is 4.98 Å². The molecule has 8 heteroatoms. The molecule has 0 amide bonds. The summed E-state index contributed by atoms with van der Waals surface area (Å²) in [5.74, 6) is -3.46. The van der Waals surface area contributed by atoms with Crippen LogP contribution >= 0.6 is 23.2 Å². The lowest BCUT2D eigenvalue weighted by Gasteiger charge is -2.11. The number of rotatable bonds is 6. The van der Waals surface area contributed by atoms with Gasteiger partial charge in [0.25, 0.3) is 0 Å². The van der Waals surface area contributed by atoms with Crippen LogP contribution in [0.3, 0.4) is 0 Å². The van der Waals surface area contributed by atoms with Gasteiger partial charge in [-0.25, -0.2) is 14.2 Å². The Morgan fingerprint density at radius 2 is 1.95 bits per heavy atom. The number of hydrogen-bond donors (Lipinski definition) is 1. The van der Waals surface area contributed by atoms with Gasteiger partial charge in [-0.05, 0) is 13.0 Å². The van der Waals surface area contributed by atoms with Crippen molar-refractivity contribution in [2.24, 2.45) is 0 Å². The van der Waals surface area contributed by atoms with E-state index < -0.39 is 28.3 Å². The molecule has 0 unspecified atom stereocenters. The van der Waals surface area contributed by atoms with Gasteiger partial charge in [-0.1, -0.05) is 30.1 Å². The normalized spacial score (nSPS) is 11.9. The molecule has 1 N–H and O–H groups in total. The van der Waals surface area contributed by atoms with Crippen LogP contribution in [0, 0.1) is 5.82 Å². The third kappa shape index (κ3) is 3.92. The largest absolute Gasteiger partial charge is 0.497 e. The number of ether oxygens (including phenoxy) is 1.